The van der Waals surface area contributed by atoms with Crippen LogP contribution in [0.4, 0.5) is 20.2 Å². The molecule has 0 fully saturated rings. The number of aromatic amines is 1. The molecule has 0 aliphatic carbocycles. The number of nitrogens with zero attached hydrogens (tertiary/aromatic N) is 1. The maximum Gasteiger partial charge on any atom is 0.253 e. The van der Waals surface area contributed by atoms with Crippen molar-refractivity contribution >= 4 is 39.8 Å². The number of hydrogen-bond acceptors (Lipinski definition) is 3. The van der Waals surface area contributed by atoms with E-state index in [9.17, 15) is 13.6 Å². The number of aromatic nitrogens is 2. The highest BCUT2D eigenvalue weighted by Gasteiger charge is 2.17. The summed E-state index contributed by atoms with van der Waals surface area (Å²) in [5.74, 6) is -2.88. The van der Waals surface area contributed by atoms with Gasteiger partial charge in [0.15, 0.2) is 0 Å². The molecule has 3 aromatic rings. The molecule has 0 spiro atoms. The quantitative estimate of drug-likeness (QED) is 0.691. The molecule has 0 aliphatic rings. The summed E-state index contributed by atoms with van der Waals surface area (Å²) in [6.45, 7) is 0. The van der Waals surface area contributed by atoms with E-state index in [0.717, 1.165) is 6.07 Å². The first kappa shape index (κ1) is 14.3. The fourth-order valence-corrected chi connectivity index (χ4v) is 2.40. The molecule has 22 heavy (non-hydrogen) atoms. The molecule has 0 bridgehead atoms. The van der Waals surface area contributed by atoms with Crippen molar-refractivity contribution in [3.63, 3.8) is 0 Å². The van der Waals surface area contributed by atoms with Gasteiger partial charge in [0, 0.05) is 11.5 Å². The van der Waals surface area contributed by atoms with Gasteiger partial charge in [-0.05, 0) is 12.1 Å². The maximum atomic E-state index is 13.8. The molecule has 0 radical (unpaired) electrons. The van der Waals surface area contributed by atoms with Crippen LogP contribution in [0.3, 0.4) is 0 Å². The molecule has 0 saturated heterocycles. The molecule has 0 atom stereocenters. The first-order valence-electron chi connectivity index (χ1n) is 6.14. The van der Waals surface area contributed by atoms with Gasteiger partial charge in [-0.25, -0.2) is 8.78 Å². The second kappa shape index (κ2) is 5.27. The largest absolute Gasteiger partial charge is 0.365 e. The summed E-state index contributed by atoms with van der Waals surface area (Å²) in [6.07, 6.45) is 2.99. The van der Waals surface area contributed by atoms with Gasteiger partial charge < -0.3 is 16.0 Å². The number of carbonyl (C=O) groups is 1. The van der Waals surface area contributed by atoms with Crippen LogP contribution in [0.1, 0.15) is 10.4 Å². The highest BCUT2D eigenvalue weighted by atomic mass is 35.5. The van der Waals surface area contributed by atoms with Crippen molar-refractivity contribution in [3.05, 3.63) is 52.9 Å². The molecule has 112 valence electrons. The van der Waals surface area contributed by atoms with Crippen molar-refractivity contribution in [2.45, 2.75) is 0 Å². The number of halogens is 3. The number of hydrogen-bond donors (Lipinski definition) is 3. The standard InChI is InChI=1S/C14H9ClF2N4O/c15-12-3-7-10(4-19-5-11(7)21-12)20-9-2-6(16)1-8(17)13(9)14(18)22/h1-5,20-21H,(H2,18,22). The molecule has 0 saturated carbocycles. The van der Waals surface area contributed by atoms with Crippen molar-refractivity contribution in [1.29, 1.82) is 0 Å². The van der Waals surface area contributed by atoms with Crippen molar-refractivity contribution in [3.8, 4) is 0 Å². The number of nitrogens with two attached hydrogens (primary N) is 1. The van der Waals surface area contributed by atoms with E-state index in [1.807, 2.05) is 0 Å². The third kappa shape index (κ3) is 2.46. The van der Waals surface area contributed by atoms with Crippen molar-refractivity contribution in [2.24, 2.45) is 5.73 Å². The molecule has 1 amide bonds. The van der Waals surface area contributed by atoms with Gasteiger partial charge in [0.1, 0.15) is 16.8 Å². The highest BCUT2D eigenvalue weighted by Crippen LogP contribution is 2.30. The van der Waals surface area contributed by atoms with E-state index in [0.29, 0.717) is 27.8 Å². The lowest BCUT2D eigenvalue weighted by Crippen LogP contribution is -2.16. The zero-order valence-electron chi connectivity index (χ0n) is 11.0. The molecular formula is C14H9ClF2N4O. The van der Waals surface area contributed by atoms with E-state index >= 15 is 0 Å². The first-order chi connectivity index (χ1) is 10.5. The molecule has 5 nitrogen and oxygen atoms in total. The number of anilines is 2. The van der Waals surface area contributed by atoms with E-state index in [1.54, 1.807) is 12.3 Å². The van der Waals surface area contributed by atoms with Crippen LogP contribution in [-0.4, -0.2) is 15.9 Å². The average molecular weight is 323 g/mol. The summed E-state index contributed by atoms with van der Waals surface area (Å²) in [5.41, 5.74) is 5.69. The summed E-state index contributed by atoms with van der Waals surface area (Å²) in [5, 5.41) is 3.80. The Morgan fingerprint density at radius 2 is 2.00 bits per heavy atom. The predicted octanol–water partition coefficient (Wildman–Crippen LogP) is 3.34. The number of rotatable bonds is 3. The summed E-state index contributed by atoms with van der Waals surface area (Å²) < 4.78 is 27.2. The minimum absolute atomic E-state index is 0.0865. The molecule has 0 unspecified atom stereocenters. The smallest absolute Gasteiger partial charge is 0.253 e. The average Bonchev–Trinajstić information content (AvgIpc) is 2.78. The maximum absolute atomic E-state index is 13.8. The third-order valence-electron chi connectivity index (χ3n) is 3.08. The Morgan fingerprint density at radius 3 is 2.73 bits per heavy atom. The Kier molecular flexibility index (Phi) is 3.42. The lowest BCUT2D eigenvalue weighted by molar-refractivity contribution is 0.0997. The number of nitrogens with one attached hydrogen (secondary N) is 2. The number of fused-ring (bicyclic) bond motifs is 1. The lowest BCUT2D eigenvalue weighted by atomic mass is 10.1. The number of primary amides is 1. The predicted molar refractivity (Wildman–Crippen MR) is 79.3 cm³/mol. The SMILES string of the molecule is NC(=O)c1c(F)cc(F)cc1Nc1cncc2[nH]c(Cl)cc12. The minimum atomic E-state index is -1.04. The van der Waals surface area contributed by atoms with Crippen LogP contribution in [0.2, 0.25) is 5.15 Å². The minimum Gasteiger partial charge on any atom is -0.365 e. The molecular weight excluding hydrogens is 314 g/mol. The van der Waals surface area contributed by atoms with Crippen LogP contribution >= 0.6 is 11.6 Å². The Morgan fingerprint density at radius 1 is 1.23 bits per heavy atom. The molecule has 3 rings (SSSR count). The molecule has 8 heteroatoms. The van der Waals surface area contributed by atoms with Crippen LogP contribution in [0, 0.1) is 11.6 Å². The second-order valence-electron chi connectivity index (χ2n) is 4.56. The van der Waals surface area contributed by atoms with E-state index in [1.165, 1.54) is 6.20 Å². The number of carbonyl (C=O) groups excluding carboxylic acids is 1. The summed E-state index contributed by atoms with van der Waals surface area (Å²) >= 11 is 5.88. The van der Waals surface area contributed by atoms with Crippen LogP contribution < -0.4 is 11.1 Å². The first-order valence-corrected chi connectivity index (χ1v) is 6.51. The van der Waals surface area contributed by atoms with Crippen molar-refractivity contribution < 1.29 is 13.6 Å². The van der Waals surface area contributed by atoms with Gasteiger partial charge in [-0.2, -0.15) is 0 Å². The number of amides is 1. The van der Waals surface area contributed by atoms with E-state index in [4.69, 9.17) is 17.3 Å². The Balaban J connectivity index is 2.14. The van der Waals surface area contributed by atoms with Gasteiger partial charge in [-0.3, -0.25) is 9.78 Å². The molecule has 4 N–H and O–H groups in total. The Labute approximate surface area is 128 Å². The van der Waals surface area contributed by atoms with Gasteiger partial charge in [0.25, 0.3) is 5.91 Å². The van der Waals surface area contributed by atoms with Crippen LogP contribution in [0.25, 0.3) is 10.9 Å². The van der Waals surface area contributed by atoms with Crippen molar-refractivity contribution in [1.82, 2.24) is 9.97 Å². The normalized spacial score (nSPS) is 10.9. The van der Waals surface area contributed by atoms with Gasteiger partial charge in [0.2, 0.25) is 0 Å². The lowest BCUT2D eigenvalue weighted by Gasteiger charge is -2.11. The third-order valence-corrected chi connectivity index (χ3v) is 3.29. The number of H-pyrrole nitrogens is 1. The van der Waals surface area contributed by atoms with Gasteiger partial charge in [0.05, 0.1) is 34.8 Å². The van der Waals surface area contributed by atoms with Crippen LogP contribution in [0.15, 0.2) is 30.6 Å². The fraction of sp³-hybridized carbons (Fsp3) is 0. The highest BCUT2D eigenvalue weighted by molar-refractivity contribution is 6.30. The molecule has 0 aliphatic heterocycles. The van der Waals surface area contributed by atoms with Gasteiger partial charge >= 0.3 is 0 Å². The molecule has 2 heterocycles. The van der Waals surface area contributed by atoms with E-state index in [-0.39, 0.29) is 5.69 Å². The van der Waals surface area contributed by atoms with Gasteiger partial charge in [-0.1, -0.05) is 11.6 Å². The molecule has 2 aromatic heterocycles. The monoisotopic (exact) mass is 322 g/mol. The fourth-order valence-electron chi connectivity index (χ4n) is 2.18. The second-order valence-corrected chi connectivity index (χ2v) is 4.97. The van der Waals surface area contributed by atoms with E-state index < -0.39 is 23.1 Å². The zero-order chi connectivity index (χ0) is 15.9. The topological polar surface area (TPSA) is 83.8 Å². The number of benzene rings is 1. The van der Waals surface area contributed by atoms with E-state index in [2.05, 4.69) is 15.3 Å². The zero-order valence-corrected chi connectivity index (χ0v) is 11.7. The van der Waals surface area contributed by atoms with Gasteiger partial charge in [-0.15, -0.1) is 0 Å². The summed E-state index contributed by atoms with van der Waals surface area (Å²) in [4.78, 5) is 18.2. The number of pyridine rings is 1. The molecule has 1 aromatic carbocycles. The summed E-state index contributed by atoms with van der Waals surface area (Å²) in [7, 11) is 0. The van der Waals surface area contributed by atoms with Crippen LogP contribution in [0.5, 0.6) is 0 Å². The summed E-state index contributed by atoms with van der Waals surface area (Å²) in [6, 6.07) is 3.20. The van der Waals surface area contributed by atoms with Crippen molar-refractivity contribution in [2.75, 3.05) is 5.32 Å². The van der Waals surface area contributed by atoms with Crippen LogP contribution in [-0.2, 0) is 0 Å². The Hall–Kier alpha value is -2.67. The Bertz CT molecular complexity index is 894.